The van der Waals surface area contributed by atoms with Gasteiger partial charge in [-0.3, -0.25) is 4.79 Å². The summed E-state index contributed by atoms with van der Waals surface area (Å²) in [7, 11) is 1.56. The molecular weight excluding hydrogens is 328 g/mol. The number of carbonyl (C=O) groups is 1. The maximum atomic E-state index is 13.1. The van der Waals surface area contributed by atoms with Gasteiger partial charge in [0.15, 0.2) is 0 Å². The van der Waals surface area contributed by atoms with Gasteiger partial charge in [0.25, 0.3) is 6.43 Å². The lowest BCUT2D eigenvalue weighted by Gasteiger charge is -2.32. The third-order valence-corrected chi connectivity index (χ3v) is 4.09. The average molecular weight is 347 g/mol. The Kier molecular flexibility index (Phi) is 4.83. The van der Waals surface area contributed by atoms with Crippen molar-refractivity contribution in [2.75, 3.05) is 13.7 Å². The van der Waals surface area contributed by atoms with Crippen LogP contribution in [0.4, 0.5) is 8.78 Å². The van der Waals surface area contributed by atoms with Gasteiger partial charge in [-0.05, 0) is 36.8 Å². The summed E-state index contributed by atoms with van der Waals surface area (Å²) >= 11 is 0. The molecule has 5 nitrogen and oxygen atoms in total. The molecule has 2 heterocycles. The molecule has 1 aromatic carbocycles. The number of alkyl halides is 2. The standard InChI is InChI=1S/C18H19F2N3O2/c1-12-9-21-23(10-12)15-7-8-17(24)22(11-16(19)20)18(15)13-3-5-14(25-2)6-4-13/h3-6,9-10,16H,7-8,11H2,1-2H3. The predicted octanol–water partition coefficient (Wildman–Crippen LogP) is 3.41. The highest BCUT2D eigenvalue weighted by atomic mass is 19.3. The number of hydrogen-bond donors (Lipinski definition) is 0. The number of halogens is 2. The highest BCUT2D eigenvalue weighted by molar-refractivity contribution is 5.97. The van der Waals surface area contributed by atoms with Crippen molar-refractivity contribution in [1.29, 1.82) is 0 Å². The van der Waals surface area contributed by atoms with Crippen LogP contribution in [0, 0.1) is 6.92 Å². The maximum absolute atomic E-state index is 13.1. The molecule has 1 aliphatic heterocycles. The molecule has 132 valence electrons. The van der Waals surface area contributed by atoms with E-state index in [1.807, 2.05) is 13.1 Å². The predicted molar refractivity (Wildman–Crippen MR) is 90.0 cm³/mol. The highest BCUT2D eigenvalue weighted by Crippen LogP contribution is 2.34. The van der Waals surface area contributed by atoms with Gasteiger partial charge in [0.1, 0.15) is 5.75 Å². The first kappa shape index (κ1) is 17.1. The van der Waals surface area contributed by atoms with E-state index in [0.29, 0.717) is 23.4 Å². The summed E-state index contributed by atoms with van der Waals surface area (Å²) in [4.78, 5) is 13.5. The Morgan fingerprint density at radius 3 is 2.52 bits per heavy atom. The Morgan fingerprint density at radius 2 is 1.96 bits per heavy atom. The van der Waals surface area contributed by atoms with Crippen molar-refractivity contribution in [3.63, 3.8) is 0 Å². The van der Waals surface area contributed by atoms with Gasteiger partial charge in [0.05, 0.1) is 31.2 Å². The molecule has 0 unspecified atom stereocenters. The van der Waals surface area contributed by atoms with E-state index in [9.17, 15) is 13.6 Å². The van der Waals surface area contributed by atoms with E-state index in [1.165, 1.54) is 4.90 Å². The zero-order valence-electron chi connectivity index (χ0n) is 14.1. The van der Waals surface area contributed by atoms with Crippen molar-refractivity contribution < 1.29 is 18.3 Å². The van der Waals surface area contributed by atoms with E-state index >= 15 is 0 Å². The van der Waals surface area contributed by atoms with Crippen LogP contribution >= 0.6 is 0 Å². The SMILES string of the molecule is COc1ccc(C2=C(n3cc(C)cn3)CCC(=O)N2CC(F)F)cc1. The van der Waals surface area contributed by atoms with Crippen molar-refractivity contribution in [2.45, 2.75) is 26.2 Å². The topological polar surface area (TPSA) is 47.4 Å². The number of ether oxygens (including phenoxy) is 1. The van der Waals surface area contributed by atoms with Crippen molar-refractivity contribution in [1.82, 2.24) is 14.7 Å². The fraction of sp³-hybridized carbons (Fsp3) is 0.333. The molecule has 0 atom stereocenters. The molecule has 0 aliphatic carbocycles. The molecule has 0 saturated heterocycles. The lowest BCUT2D eigenvalue weighted by Crippen LogP contribution is -2.37. The monoisotopic (exact) mass is 347 g/mol. The molecule has 0 bridgehead atoms. The molecule has 0 N–H and O–H groups in total. The van der Waals surface area contributed by atoms with E-state index in [2.05, 4.69) is 5.10 Å². The molecule has 1 amide bonds. The molecule has 1 aromatic heterocycles. The zero-order valence-corrected chi connectivity index (χ0v) is 14.1. The van der Waals surface area contributed by atoms with Crippen LogP contribution in [0.25, 0.3) is 11.4 Å². The van der Waals surface area contributed by atoms with E-state index < -0.39 is 13.0 Å². The summed E-state index contributed by atoms with van der Waals surface area (Å²) in [6, 6.07) is 7.02. The molecular formula is C18H19F2N3O2. The summed E-state index contributed by atoms with van der Waals surface area (Å²) in [5.74, 6) is 0.349. The zero-order chi connectivity index (χ0) is 18.0. The Labute approximate surface area is 144 Å². The van der Waals surface area contributed by atoms with Crippen LogP contribution in [0.2, 0.25) is 0 Å². The van der Waals surface area contributed by atoms with Gasteiger partial charge in [-0.25, -0.2) is 13.5 Å². The summed E-state index contributed by atoms with van der Waals surface area (Å²) in [6.45, 7) is 1.27. The Hall–Kier alpha value is -2.70. The number of allylic oxidation sites excluding steroid dienone is 1. The van der Waals surface area contributed by atoms with Crippen LogP contribution in [-0.2, 0) is 4.79 Å². The van der Waals surface area contributed by atoms with Crippen LogP contribution in [0.5, 0.6) is 5.75 Å². The number of rotatable bonds is 5. The molecule has 0 fully saturated rings. The van der Waals surface area contributed by atoms with Crippen LogP contribution in [-0.4, -0.2) is 40.7 Å². The lowest BCUT2D eigenvalue weighted by atomic mass is 10.0. The Morgan fingerprint density at radius 1 is 1.24 bits per heavy atom. The molecule has 0 saturated carbocycles. The smallest absolute Gasteiger partial charge is 0.256 e. The van der Waals surface area contributed by atoms with Crippen molar-refractivity contribution >= 4 is 17.3 Å². The molecule has 2 aromatic rings. The van der Waals surface area contributed by atoms with Crippen LogP contribution in [0.1, 0.15) is 24.0 Å². The van der Waals surface area contributed by atoms with Gasteiger partial charge in [-0.15, -0.1) is 0 Å². The minimum atomic E-state index is -2.61. The molecule has 3 rings (SSSR count). The largest absolute Gasteiger partial charge is 0.497 e. The van der Waals surface area contributed by atoms with E-state index in [-0.39, 0.29) is 12.3 Å². The second kappa shape index (κ2) is 7.04. The number of aryl methyl sites for hydroxylation is 1. The van der Waals surface area contributed by atoms with E-state index in [1.54, 1.807) is 42.3 Å². The first-order chi connectivity index (χ1) is 12.0. The third kappa shape index (κ3) is 3.55. The van der Waals surface area contributed by atoms with Crippen molar-refractivity contribution in [3.05, 3.63) is 47.8 Å². The number of aromatic nitrogens is 2. The second-order valence-electron chi connectivity index (χ2n) is 5.88. The summed E-state index contributed by atoms with van der Waals surface area (Å²) in [5, 5.41) is 4.30. The van der Waals surface area contributed by atoms with Crippen LogP contribution in [0.15, 0.2) is 36.7 Å². The minimum absolute atomic E-state index is 0.181. The fourth-order valence-electron chi connectivity index (χ4n) is 2.95. The van der Waals surface area contributed by atoms with Gasteiger partial charge in [-0.1, -0.05) is 0 Å². The molecule has 0 spiro atoms. The van der Waals surface area contributed by atoms with E-state index in [4.69, 9.17) is 4.74 Å². The maximum Gasteiger partial charge on any atom is 0.256 e. The third-order valence-electron chi connectivity index (χ3n) is 4.09. The highest BCUT2D eigenvalue weighted by Gasteiger charge is 2.31. The summed E-state index contributed by atoms with van der Waals surface area (Å²) in [5.41, 5.74) is 2.84. The minimum Gasteiger partial charge on any atom is -0.497 e. The lowest BCUT2D eigenvalue weighted by molar-refractivity contribution is -0.129. The number of benzene rings is 1. The molecule has 1 aliphatic rings. The summed E-state index contributed by atoms with van der Waals surface area (Å²) < 4.78 is 33.0. The van der Waals surface area contributed by atoms with Gasteiger partial charge in [0.2, 0.25) is 5.91 Å². The molecule has 0 radical (unpaired) electrons. The number of amides is 1. The van der Waals surface area contributed by atoms with Crippen LogP contribution < -0.4 is 4.74 Å². The molecule has 7 heteroatoms. The Bertz CT molecular complexity index is 797. The summed E-state index contributed by atoms with van der Waals surface area (Å²) in [6.07, 6.45) is 1.54. The quantitative estimate of drug-likeness (QED) is 0.833. The normalized spacial score (nSPS) is 15.2. The van der Waals surface area contributed by atoms with Crippen molar-refractivity contribution in [2.24, 2.45) is 0 Å². The number of nitrogens with zero attached hydrogens (tertiary/aromatic N) is 3. The first-order valence-corrected chi connectivity index (χ1v) is 7.97. The fourth-order valence-corrected chi connectivity index (χ4v) is 2.95. The van der Waals surface area contributed by atoms with Crippen molar-refractivity contribution in [3.8, 4) is 5.75 Å². The van der Waals surface area contributed by atoms with Gasteiger partial charge in [0, 0.05) is 24.6 Å². The first-order valence-electron chi connectivity index (χ1n) is 7.97. The van der Waals surface area contributed by atoms with E-state index in [0.717, 1.165) is 11.3 Å². The number of hydrogen-bond acceptors (Lipinski definition) is 3. The van der Waals surface area contributed by atoms with Gasteiger partial charge >= 0.3 is 0 Å². The Balaban J connectivity index is 2.15. The van der Waals surface area contributed by atoms with Crippen LogP contribution in [0.3, 0.4) is 0 Å². The average Bonchev–Trinajstić information content (AvgIpc) is 3.02. The van der Waals surface area contributed by atoms with Gasteiger partial charge in [-0.2, -0.15) is 5.10 Å². The second-order valence-corrected chi connectivity index (χ2v) is 5.88. The van der Waals surface area contributed by atoms with Gasteiger partial charge < -0.3 is 9.64 Å². The number of carbonyl (C=O) groups excluding carboxylic acids is 1. The number of methoxy groups -OCH3 is 1. The molecule has 25 heavy (non-hydrogen) atoms.